The Morgan fingerprint density at radius 1 is 1.24 bits per heavy atom. The lowest BCUT2D eigenvalue weighted by molar-refractivity contribution is 0.391. The molecular weight excluding hydrogens is 282 g/mol. The van der Waals surface area contributed by atoms with Crippen molar-refractivity contribution in [2.45, 2.75) is 31.7 Å². The van der Waals surface area contributed by atoms with Crippen LogP contribution in [0.4, 0.5) is 0 Å². The van der Waals surface area contributed by atoms with Crippen molar-refractivity contribution in [3.05, 3.63) is 59.2 Å². The third kappa shape index (κ3) is 2.88. The minimum absolute atomic E-state index is 0.725. The molecule has 21 heavy (non-hydrogen) atoms. The van der Waals surface area contributed by atoms with E-state index in [9.17, 15) is 0 Å². The van der Waals surface area contributed by atoms with Gasteiger partial charge >= 0.3 is 0 Å². The molecule has 0 aliphatic heterocycles. The van der Waals surface area contributed by atoms with Gasteiger partial charge in [-0.2, -0.15) is 0 Å². The highest BCUT2D eigenvalue weighted by atomic mass is 32.2. The van der Waals surface area contributed by atoms with Gasteiger partial charge in [0.15, 0.2) is 5.16 Å². The molecule has 0 aliphatic carbocycles. The van der Waals surface area contributed by atoms with Gasteiger partial charge in [0.25, 0.3) is 0 Å². The van der Waals surface area contributed by atoms with Crippen LogP contribution in [0.25, 0.3) is 5.69 Å². The second-order valence-electron chi connectivity index (χ2n) is 5.02. The summed E-state index contributed by atoms with van der Waals surface area (Å²) in [4.78, 5) is 4.45. The monoisotopic (exact) mass is 299 g/mol. The average Bonchev–Trinajstić information content (AvgIpc) is 3.08. The highest BCUT2D eigenvalue weighted by molar-refractivity contribution is 7.98. The van der Waals surface area contributed by atoms with E-state index in [4.69, 9.17) is 4.52 Å². The first-order chi connectivity index (χ1) is 10.1. The van der Waals surface area contributed by atoms with Crippen LogP contribution < -0.4 is 0 Å². The molecule has 3 aromatic rings. The Hall–Kier alpha value is -2.01. The summed E-state index contributed by atoms with van der Waals surface area (Å²) in [6.07, 6.45) is 3.82. The minimum atomic E-state index is 0.725. The summed E-state index contributed by atoms with van der Waals surface area (Å²) in [6.45, 7) is 6.19. The van der Waals surface area contributed by atoms with Gasteiger partial charge in [0, 0.05) is 18.5 Å². The van der Waals surface area contributed by atoms with E-state index >= 15 is 0 Å². The van der Waals surface area contributed by atoms with E-state index in [2.05, 4.69) is 46.8 Å². The summed E-state index contributed by atoms with van der Waals surface area (Å²) in [5, 5.41) is 4.86. The predicted octanol–water partition coefficient (Wildman–Crippen LogP) is 4.08. The van der Waals surface area contributed by atoms with Crippen LogP contribution in [-0.2, 0) is 5.75 Å². The zero-order valence-electron chi connectivity index (χ0n) is 12.3. The smallest absolute Gasteiger partial charge is 0.173 e. The van der Waals surface area contributed by atoms with Crippen LogP contribution in [0, 0.1) is 20.8 Å². The average molecular weight is 299 g/mol. The summed E-state index contributed by atoms with van der Waals surface area (Å²) in [7, 11) is 0. The Bertz CT molecular complexity index is 760. The van der Waals surface area contributed by atoms with Crippen molar-refractivity contribution in [3.63, 3.8) is 0 Å². The predicted molar refractivity (Wildman–Crippen MR) is 83.8 cm³/mol. The van der Waals surface area contributed by atoms with Gasteiger partial charge in [-0.1, -0.05) is 29.1 Å². The molecule has 0 saturated heterocycles. The maximum atomic E-state index is 5.24. The molecular formula is C16H17N3OS. The largest absolute Gasteiger partial charge is 0.360 e. The standard InChI is InChI=1S/C16H17N3OS/c1-11-5-4-6-15(13(11)3)19-8-7-17-16(19)21-10-14-9-12(2)18-20-14/h4-9H,10H2,1-3H3. The molecule has 0 unspecified atom stereocenters. The molecule has 4 nitrogen and oxygen atoms in total. The second kappa shape index (κ2) is 5.77. The topological polar surface area (TPSA) is 43.9 Å². The van der Waals surface area contributed by atoms with Crippen LogP contribution in [0.2, 0.25) is 0 Å². The van der Waals surface area contributed by atoms with Crippen molar-refractivity contribution in [2.24, 2.45) is 0 Å². The molecule has 5 heteroatoms. The van der Waals surface area contributed by atoms with E-state index in [1.54, 1.807) is 11.8 Å². The Morgan fingerprint density at radius 2 is 2.10 bits per heavy atom. The number of aryl methyl sites for hydroxylation is 2. The van der Waals surface area contributed by atoms with Crippen LogP contribution in [-0.4, -0.2) is 14.7 Å². The SMILES string of the molecule is Cc1cc(CSc2nccn2-c2cccc(C)c2C)on1. The van der Waals surface area contributed by atoms with E-state index in [1.807, 2.05) is 25.4 Å². The highest BCUT2D eigenvalue weighted by Gasteiger charge is 2.10. The van der Waals surface area contributed by atoms with E-state index in [0.717, 1.165) is 22.4 Å². The normalized spacial score (nSPS) is 11.0. The van der Waals surface area contributed by atoms with Crippen LogP contribution >= 0.6 is 11.8 Å². The number of aromatic nitrogens is 3. The number of thioether (sulfide) groups is 1. The zero-order chi connectivity index (χ0) is 14.8. The zero-order valence-corrected chi connectivity index (χ0v) is 13.1. The Balaban J connectivity index is 1.85. The Morgan fingerprint density at radius 3 is 2.86 bits per heavy atom. The lowest BCUT2D eigenvalue weighted by atomic mass is 10.1. The quantitative estimate of drug-likeness (QED) is 0.681. The van der Waals surface area contributed by atoms with Gasteiger partial charge in [0.05, 0.1) is 17.1 Å². The van der Waals surface area contributed by atoms with Crippen molar-refractivity contribution < 1.29 is 4.52 Å². The van der Waals surface area contributed by atoms with Gasteiger partial charge in [-0.25, -0.2) is 4.98 Å². The van der Waals surface area contributed by atoms with Crippen molar-refractivity contribution >= 4 is 11.8 Å². The molecule has 0 spiro atoms. The van der Waals surface area contributed by atoms with Gasteiger partial charge in [-0.15, -0.1) is 0 Å². The number of hydrogen-bond acceptors (Lipinski definition) is 4. The molecule has 0 N–H and O–H groups in total. The van der Waals surface area contributed by atoms with Crippen LogP contribution in [0.1, 0.15) is 22.6 Å². The molecule has 2 heterocycles. The Kier molecular flexibility index (Phi) is 3.84. The molecule has 0 bridgehead atoms. The van der Waals surface area contributed by atoms with Crippen molar-refractivity contribution in [1.82, 2.24) is 14.7 Å². The summed E-state index contributed by atoms with van der Waals surface area (Å²) >= 11 is 1.65. The highest BCUT2D eigenvalue weighted by Crippen LogP contribution is 2.26. The number of nitrogens with zero attached hydrogens (tertiary/aromatic N) is 3. The summed E-state index contributed by atoms with van der Waals surface area (Å²) in [6, 6.07) is 8.27. The fraction of sp³-hybridized carbons (Fsp3) is 0.250. The molecule has 0 aliphatic rings. The van der Waals surface area contributed by atoms with E-state index in [-0.39, 0.29) is 0 Å². The molecule has 108 valence electrons. The molecule has 2 aromatic heterocycles. The number of hydrogen-bond donors (Lipinski definition) is 0. The van der Waals surface area contributed by atoms with E-state index in [0.29, 0.717) is 0 Å². The Labute approximate surface area is 128 Å². The molecule has 0 fully saturated rings. The lowest BCUT2D eigenvalue weighted by Crippen LogP contribution is -1.99. The number of benzene rings is 1. The van der Waals surface area contributed by atoms with Crippen molar-refractivity contribution in [1.29, 1.82) is 0 Å². The van der Waals surface area contributed by atoms with E-state index in [1.165, 1.54) is 16.8 Å². The second-order valence-corrected chi connectivity index (χ2v) is 5.96. The maximum absolute atomic E-state index is 5.24. The fourth-order valence-electron chi connectivity index (χ4n) is 2.20. The van der Waals surface area contributed by atoms with Gasteiger partial charge < -0.3 is 4.52 Å². The molecule has 1 aromatic carbocycles. The third-order valence-corrected chi connectivity index (χ3v) is 4.45. The first kappa shape index (κ1) is 13.9. The van der Waals surface area contributed by atoms with E-state index < -0.39 is 0 Å². The van der Waals surface area contributed by atoms with Crippen molar-refractivity contribution in [2.75, 3.05) is 0 Å². The molecule has 0 amide bonds. The van der Waals surface area contributed by atoms with Crippen LogP contribution in [0.15, 0.2) is 46.3 Å². The number of imidazole rings is 1. The summed E-state index contributed by atoms with van der Waals surface area (Å²) < 4.78 is 7.36. The van der Waals surface area contributed by atoms with Crippen LogP contribution in [0.3, 0.4) is 0 Å². The minimum Gasteiger partial charge on any atom is -0.360 e. The maximum Gasteiger partial charge on any atom is 0.173 e. The summed E-state index contributed by atoms with van der Waals surface area (Å²) in [5.74, 6) is 1.59. The fourth-order valence-corrected chi connectivity index (χ4v) is 3.04. The molecule has 3 rings (SSSR count). The van der Waals surface area contributed by atoms with Crippen molar-refractivity contribution in [3.8, 4) is 5.69 Å². The molecule has 0 saturated carbocycles. The van der Waals surface area contributed by atoms with Crippen LogP contribution in [0.5, 0.6) is 0 Å². The van der Waals surface area contributed by atoms with Gasteiger partial charge in [-0.05, 0) is 38.0 Å². The molecule has 0 atom stereocenters. The lowest BCUT2D eigenvalue weighted by Gasteiger charge is -2.11. The third-order valence-electron chi connectivity index (χ3n) is 3.46. The first-order valence-electron chi connectivity index (χ1n) is 6.80. The first-order valence-corrected chi connectivity index (χ1v) is 7.78. The summed E-state index contributed by atoms with van der Waals surface area (Å²) in [5.41, 5.74) is 4.63. The van der Waals surface area contributed by atoms with Gasteiger partial charge in [-0.3, -0.25) is 4.57 Å². The van der Waals surface area contributed by atoms with Gasteiger partial charge in [0.1, 0.15) is 5.76 Å². The van der Waals surface area contributed by atoms with Gasteiger partial charge in [0.2, 0.25) is 0 Å². The number of rotatable bonds is 4. The molecule has 0 radical (unpaired) electrons.